The Morgan fingerprint density at radius 1 is 1.24 bits per heavy atom. The Hall–Kier alpha value is -1.99. The molecule has 3 N–H and O–H groups in total. The molecule has 1 amide bonds. The predicted octanol–water partition coefficient (Wildman–Crippen LogP) is 2.94. The van der Waals surface area contributed by atoms with Crippen LogP contribution in [-0.2, 0) is 4.79 Å². The van der Waals surface area contributed by atoms with E-state index in [0.717, 1.165) is 62.1 Å². The second kappa shape index (κ2) is 9.48. The van der Waals surface area contributed by atoms with Crippen molar-refractivity contribution in [2.45, 2.75) is 51.0 Å². The van der Waals surface area contributed by atoms with Gasteiger partial charge in [-0.2, -0.15) is 0 Å². The molecule has 1 saturated carbocycles. The maximum absolute atomic E-state index is 12.0. The zero-order chi connectivity index (χ0) is 16.8. The van der Waals surface area contributed by atoms with Crippen LogP contribution in [0.4, 0.5) is 5.69 Å². The minimum atomic E-state index is 0. The summed E-state index contributed by atoms with van der Waals surface area (Å²) < 4.78 is 1.87. The average molecular weight is 365 g/mol. The van der Waals surface area contributed by atoms with Crippen molar-refractivity contribution in [3.8, 4) is 11.4 Å². The lowest BCUT2D eigenvalue weighted by molar-refractivity contribution is -0.116. The summed E-state index contributed by atoms with van der Waals surface area (Å²) in [7, 11) is 0. The van der Waals surface area contributed by atoms with Crippen molar-refractivity contribution >= 4 is 24.0 Å². The number of unbranched alkanes of at least 4 members (excludes halogenated alkanes) is 3. The van der Waals surface area contributed by atoms with Gasteiger partial charge in [-0.3, -0.25) is 4.79 Å². The van der Waals surface area contributed by atoms with E-state index in [9.17, 15) is 4.79 Å². The molecule has 1 fully saturated rings. The van der Waals surface area contributed by atoms with Gasteiger partial charge in [0.25, 0.3) is 0 Å². The van der Waals surface area contributed by atoms with Crippen molar-refractivity contribution in [1.82, 2.24) is 20.2 Å². The third kappa shape index (κ3) is 5.51. The Kier molecular flexibility index (Phi) is 7.33. The van der Waals surface area contributed by atoms with E-state index in [0.29, 0.717) is 12.5 Å². The van der Waals surface area contributed by atoms with E-state index in [1.807, 2.05) is 28.9 Å². The highest BCUT2D eigenvalue weighted by Gasteiger charge is 2.28. The van der Waals surface area contributed by atoms with Crippen LogP contribution in [0, 0.1) is 0 Å². The molecule has 0 radical (unpaired) electrons. The van der Waals surface area contributed by atoms with Crippen LogP contribution in [-0.4, -0.2) is 32.7 Å². The van der Waals surface area contributed by atoms with E-state index < -0.39 is 0 Å². The van der Waals surface area contributed by atoms with E-state index in [1.165, 1.54) is 0 Å². The largest absolute Gasteiger partial charge is 0.330 e. The minimum Gasteiger partial charge on any atom is -0.330 e. The van der Waals surface area contributed by atoms with E-state index >= 15 is 0 Å². The van der Waals surface area contributed by atoms with Crippen LogP contribution in [0.25, 0.3) is 11.4 Å². The maximum atomic E-state index is 12.0. The fourth-order valence-corrected chi connectivity index (χ4v) is 2.69. The van der Waals surface area contributed by atoms with E-state index in [1.54, 1.807) is 0 Å². The molecule has 1 aromatic heterocycles. The molecular formula is C17H25ClN6O. The van der Waals surface area contributed by atoms with E-state index in [4.69, 9.17) is 5.73 Å². The first-order chi connectivity index (χ1) is 11.8. The Labute approximate surface area is 153 Å². The molecule has 2 aromatic rings. The number of amides is 1. The van der Waals surface area contributed by atoms with Crippen molar-refractivity contribution in [3.05, 3.63) is 24.3 Å². The summed E-state index contributed by atoms with van der Waals surface area (Å²) in [5.41, 5.74) is 7.17. The molecule has 0 spiro atoms. The third-order valence-electron chi connectivity index (χ3n) is 4.15. The number of nitrogens with zero attached hydrogens (tertiary/aromatic N) is 4. The van der Waals surface area contributed by atoms with Crippen LogP contribution in [0.2, 0.25) is 0 Å². The third-order valence-corrected chi connectivity index (χ3v) is 4.15. The number of nitrogens with one attached hydrogen (secondary N) is 1. The summed E-state index contributed by atoms with van der Waals surface area (Å²) in [5, 5.41) is 14.9. The fourth-order valence-electron chi connectivity index (χ4n) is 2.69. The predicted molar refractivity (Wildman–Crippen MR) is 99.5 cm³/mol. The van der Waals surface area contributed by atoms with Gasteiger partial charge in [-0.25, -0.2) is 4.68 Å². The molecule has 0 bridgehead atoms. The number of halogens is 1. The molecule has 7 nitrogen and oxygen atoms in total. The number of hydrogen-bond acceptors (Lipinski definition) is 5. The van der Waals surface area contributed by atoms with Crippen LogP contribution < -0.4 is 11.1 Å². The Morgan fingerprint density at radius 3 is 2.80 bits per heavy atom. The van der Waals surface area contributed by atoms with Crippen molar-refractivity contribution in [3.63, 3.8) is 0 Å². The van der Waals surface area contributed by atoms with Crippen LogP contribution in [0.3, 0.4) is 0 Å². The average Bonchev–Trinajstić information content (AvgIpc) is 3.31. The van der Waals surface area contributed by atoms with Crippen molar-refractivity contribution < 1.29 is 4.79 Å². The number of anilines is 1. The topological polar surface area (TPSA) is 98.7 Å². The Morgan fingerprint density at radius 2 is 2.04 bits per heavy atom. The monoisotopic (exact) mass is 364 g/mol. The Bertz CT molecular complexity index is 685. The molecule has 1 aliphatic carbocycles. The molecule has 0 unspecified atom stereocenters. The number of nitrogens with two attached hydrogens (primary N) is 1. The Balaban J connectivity index is 0.00000225. The molecule has 8 heteroatoms. The van der Waals surface area contributed by atoms with Crippen LogP contribution in [0.15, 0.2) is 24.3 Å². The maximum Gasteiger partial charge on any atom is 0.224 e. The number of aromatic nitrogens is 4. The van der Waals surface area contributed by atoms with E-state index in [-0.39, 0.29) is 18.3 Å². The van der Waals surface area contributed by atoms with Crippen molar-refractivity contribution in [1.29, 1.82) is 0 Å². The van der Waals surface area contributed by atoms with Gasteiger partial charge >= 0.3 is 0 Å². The lowest BCUT2D eigenvalue weighted by Crippen LogP contribution is -2.11. The first kappa shape index (κ1) is 19.3. The molecule has 0 aliphatic heterocycles. The summed E-state index contributed by atoms with van der Waals surface area (Å²) in [4.78, 5) is 12.0. The molecule has 25 heavy (non-hydrogen) atoms. The number of rotatable bonds is 9. The van der Waals surface area contributed by atoms with Crippen molar-refractivity contribution in [2.24, 2.45) is 5.73 Å². The molecular weight excluding hydrogens is 340 g/mol. The standard InChI is InChI=1S/C17H24N6O.ClH/c18-11-4-2-1-3-8-16(24)19-14-7-5-6-13(12-14)17-20-21-22-23(17)15-9-10-15;/h5-7,12,15H,1-4,8-11,18H2,(H,19,24);1H. The van der Waals surface area contributed by atoms with Gasteiger partial charge in [0.1, 0.15) is 0 Å². The summed E-state index contributed by atoms with van der Waals surface area (Å²) in [6, 6.07) is 8.12. The zero-order valence-corrected chi connectivity index (χ0v) is 15.0. The van der Waals surface area contributed by atoms with Gasteiger partial charge in [0.05, 0.1) is 6.04 Å². The van der Waals surface area contributed by atoms with Gasteiger partial charge in [0.2, 0.25) is 5.91 Å². The normalized spacial score (nSPS) is 13.3. The summed E-state index contributed by atoms with van der Waals surface area (Å²) in [6.45, 7) is 0.722. The lowest BCUT2D eigenvalue weighted by Gasteiger charge is -2.08. The lowest BCUT2D eigenvalue weighted by atomic mass is 10.1. The second-order valence-electron chi connectivity index (χ2n) is 6.26. The molecule has 0 atom stereocenters. The van der Waals surface area contributed by atoms with Crippen LogP contribution >= 0.6 is 12.4 Å². The second-order valence-corrected chi connectivity index (χ2v) is 6.26. The molecule has 1 aromatic carbocycles. The zero-order valence-electron chi connectivity index (χ0n) is 14.2. The summed E-state index contributed by atoms with van der Waals surface area (Å²) >= 11 is 0. The highest BCUT2D eigenvalue weighted by molar-refractivity contribution is 5.91. The quantitative estimate of drug-likeness (QED) is 0.666. The molecule has 1 heterocycles. The highest BCUT2D eigenvalue weighted by atomic mass is 35.5. The van der Waals surface area contributed by atoms with Gasteiger partial charge in [0, 0.05) is 17.7 Å². The smallest absolute Gasteiger partial charge is 0.224 e. The first-order valence-electron chi connectivity index (χ1n) is 8.66. The number of tetrazole rings is 1. The van der Waals surface area contributed by atoms with Gasteiger partial charge < -0.3 is 11.1 Å². The fraction of sp³-hybridized carbons (Fsp3) is 0.529. The highest BCUT2D eigenvalue weighted by Crippen LogP contribution is 2.36. The number of carbonyl (C=O) groups excluding carboxylic acids is 1. The number of benzene rings is 1. The van der Waals surface area contributed by atoms with Crippen LogP contribution in [0.1, 0.15) is 51.0 Å². The molecule has 0 saturated heterocycles. The summed E-state index contributed by atoms with van der Waals surface area (Å²) in [6.07, 6.45) is 6.83. The van der Waals surface area contributed by atoms with Crippen LogP contribution in [0.5, 0.6) is 0 Å². The van der Waals surface area contributed by atoms with Gasteiger partial charge in [0.15, 0.2) is 5.82 Å². The van der Waals surface area contributed by atoms with E-state index in [2.05, 4.69) is 20.8 Å². The first-order valence-corrected chi connectivity index (χ1v) is 8.66. The van der Waals surface area contributed by atoms with Gasteiger partial charge in [-0.15, -0.1) is 17.5 Å². The number of hydrogen-bond donors (Lipinski definition) is 2. The molecule has 136 valence electrons. The molecule has 1 aliphatic rings. The van der Waals surface area contributed by atoms with Crippen molar-refractivity contribution in [2.75, 3.05) is 11.9 Å². The number of carbonyl (C=O) groups is 1. The minimum absolute atomic E-state index is 0. The van der Waals surface area contributed by atoms with Gasteiger partial charge in [-0.1, -0.05) is 25.0 Å². The molecule has 3 rings (SSSR count). The van der Waals surface area contributed by atoms with Gasteiger partial charge in [-0.05, 0) is 54.8 Å². The summed E-state index contributed by atoms with van der Waals surface area (Å²) in [5.74, 6) is 0.803. The SMILES string of the molecule is Cl.NCCCCCCC(=O)Nc1cccc(-c2nnnn2C2CC2)c1.